The lowest BCUT2D eigenvalue weighted by atomic mass is 10.1. The van der Waals surface area contributed by atoms with Crippen molar-refractivity contribution in [2.45, 2.75) is 18.9 Å². The van der Waals surface area contributed by atoms with Crippen LogP contribution in [-0.4, -0.2) is 41.7 Å². The topological polar surface area (TPSA) is 49.8 Å². The second kappa shape index (κ2) is 5.05. The first kappa shape index (κ1) is 12.2. The number of β-amino-alcohol motifs (C(OH)–C–C–N with tert-alkyl or cyclic N) is 1. The molecule has 0 aliphatic carbocycles. The SMILES string of the molecule is O=C(C=Cc1ccc2c(c1)CCO2)N1CC[C@@H](O)C1. The third kappa shape index (κ3) is 2.63. The molecule has 19 heavy (non-hydrogen) atoms. The van der Waals surface area contributed by atoms with Crippen molar-refractivity contribution in [1.82, 2.24) is 4.90 Å². The summed E-state index contributed by atoms with van der Waals surface area (Å²) < 4.78 is 5.45. The Hall–Kier alpha value is -1.81. The van der Waals surface area contributed by atoms with Gasteiger partial charge >= 0.3 is 0 Å². The lowest BCUT2D eigenvalue weighted by molar-refractivity contribution is -0.125. The number of benzene rings is 1. The van der Waals surface area contributed by atoms with Crippen molar-refractivity contribution in [1.29, 1.82) is 0 Å². The van der Waals surface area contributed by atoms with E-state index in [1.165, 1.54) is 5.56 Å². The van der Waals surface area contributed by atoms with Crippen molar-refractivity contribution in [2.75, 3.05) is 19.7 Å². The first-order valence-electron chi connectivity index (χ1n) is 6.63. The van der Waals surface area contributed by atoms with Gasteiger partial charge < -0.3 is 14.7 Å². The maximum absolute atomic E-state index is 11.9. The lowest BCUT2D eigenvalue weighted by Crippen LogP contribution is -2.27. The molecule has 0 bridgehead atoms. The largest absolute Gasteiger partial charge is 0.493 e. The van der Waals surface area contributed by atoms with Gasteiger partial charge in [-0.3, -0.25) is 4.79 Å². The third-order valence-corrected chi connectivity index (χ3v) is 3.61. The summed E-state index contributed by atoms with van der Waals surface area (Å²) in [6.45, 7) is 1.83. The van der Waals surface area contributed by atoms with Gasteiger partial charge in [0.05, 0.1) is 12.7 Å². The van der Waals surface area contributed by atoms with Gasteiger partial charge in [0.1, 0.15) is 5.75 Å². The van der Waals surface area contributed by atoms with Gasteiger partial charge in [0.25, 0.3) is 0 Å². The minimum atomic E-state index is -0.366. The summed E-state index contributed by atoms with van der Waals surface area (Å²) in [6, 6.07) is 5.96. The first-order valence-corrected chi connectivity index (χ1v) is 6.63. The van der Waals surface area contributed by atoms with E-state index >= 15 is 0 Å². The van der Waals surface area contributed by atoms with E-state index in [9.17, 15) is 9.90 Å². The molecule has 3 rings (SSSR count). The summed E-state index contributed by atoms with van der Waals surface area (Å²) in [5.41, 5.74) is 2.21. The molecule has 4 heteroatoms. The predicted molar refractivity (Wildman–Crippen MR) is 71.9 cm³/mol. The minimum Gasteiger partial charge on any atom is -0.493 e. The third-order valence-electron chi connectivity index (χ3n) is 3.61. The molecule has 1 N–H and O–H groups in total. The van der Waals surface area contributed by atoms with Gasteiger partial charge in [-0.05, 0) is 35.8 Å². The average Bonchev–Trinajstić information content (AvgIpc) is 3.03. The quantitative estimate of drug-likeness (QED) is 0.813. The molecule has 1 amide bonds. The molecule has 2 aliphatic rings. The van der Waals surface area contributed by atoms with E-state index in [1.54, 1.807) is 11.0 Å². The molecule has 1 saturated heterocycles. The van der Waals surface area contributed by atoms with Crippen LogP contribution < -0.4 is 4.74 Å². The molecule has 0 unspecified atom stereocenters. The van der Waals surface area contributed by atoms with Gasteiger partial charge in [-0.25, -0.2) is 0 Å². The van der Waals surface area contributed by atoms with Crippen molar-refractivity contribution >= 4 is 12.0 Å². The highest BCUT2D eigenvalue weighted by atomic mass is 16.5. The maximum atomic E-state index is 11.9. The number of amides is 1. The van der Waals surface area contributed by atoms with E-state index in [4.69, 9.17) is 4.74 Å². The Morgan fingerprint density at radius 3 is 3.16 bits per heavy atom. The molecule has 1 fully saturated rings. The summed E-state index contributed by atoms with van der Waals surface area (Å²) in [5, 5.41) is 9.41. The lowest BCUT2D eigenvalue weighted by Gasteiger charge is -2.12. The second-order valence-electron chi connectivity index (χ2n) is 5.03. The Labute approximate surface area is 112 Å². The summed E-state index contributed by atoms with van der Waals surface area (Å²) in [7, 11) is 0. The van der Waals surface area contributed by atoms with E-state index in [1.807, 2.05) is 18.2 Å². The van der Waals surface area contributed by atoms with E-state index in [-0.39, 0.29) is 12.0 Å². The van der Waals surface area contributed by atoms with E-state index in [2.05, 4.69) is 6.07 Å². The number of rotatable bonds is 2. The number of likely N-dealkylation sites (tertiary alicyclic amines) is 1. The second-order valence-corrected chi connectivity index (χ2v) is 5.03. The zero-order valence-electron chi connectivity index (χ0n) is 10.7. The Bertz CT molecular complexity index is 524. The van der Waals surface area contributed by atoms with Crippen LogP contribution in [0.15, 0.2) is 24.3 Å². The van der Waals surface area contributed by atoms with Crippen LogP contribution in [0.25, 0.3) is 6.08 Å². The van der Waals surface area contributed by atoms with Gasteiger partial charge in [-0.15, -0.1) is 0 Å². The van der Waals surface area contributed by atoms with Crippen LogP contribution in [-0.2, 0) is 11.2 Å². The number of carbonyl (C=O) groups excluding carboxylic acids is 1. The molecule has 0 aromatic heterocycles. The molecule has 1 atom stereocenters. The Balaban J connectivity index is 1.67. The van der Waals surface area contributed by atoms with Crippen LogP contribution >= 0.6 is 0 Å². The smallest absolute Gasteiger partial charge is 0.246 e. The molecule has 0 saturated carbocycles. The maximum Gasteiger partial charge on any atom is 0.246 e. The highest BCUT2D eigenvalue weighted by Crippen LogP contribution is 2.26. The molecule has 1 aromatic rings. The van der Waals surface area contributed by atoms with Gasteiger partial charge in [-0.2, -0.15) is 0 Å². The van der Waals surface area contributed by atoms with Gasteiger partial charge in [-0.1, -0.05) is 6.07 Å². The normalized spacial score (nSPS) is 21.7. The molecule has 100 valence electrons. The van der Waals surface area contributed by atoms with E-state index in [0.29, 0.717) is 19.5 Å². The summed E-state index contributed by atoms with van der Waals surface area (Å²) in [6.07, 6.45) is 4.65. The summed E-state index contributed by atoms with van der Waals surface area (Å²) >= 11 is 0. The average molecular weight is 259 g/mol. The van der Waals surface area contributed by atoms with Crippen LogP contribution in [0, 0.1) is 0 Å². The number of aliphatic hydroxyl groups is 1. The number of aliphatic hydroxyl groups excluding tert-OH is 1. The molecule has 0 spiro atoms. The molecule has 0 radical (unpaired) electrons. The van der Waals surface area contributed by atoms with E-state index in [0.717, 1.165) is 24.3 Å². The Morgan fingerprint density at radius 2 is 2.37 bits per heavy atom. The highest BCUT2D eigenvalue weighted by molar-refractivity contribution is 5.92. The van der Waals surface area contributed by atoms with Crippen LogP contribution in [0.3, 0.4) is 0 Å². The van der Waals surface area contributed by atoms with Crippen molar-refractivity contribution < 1.29 is 14.6 Å². The monoisotopic (exact) mass is 259 g/mol. The molecular formula is C15H17NO3. The zero-order valence-corrected chi connectivity index (χ0v) is 10.7. The van der Waals surface area contributed by atoms with Crippen LogP contribution in [0.4, 0.5) is 0 Å². The summed E-state index contributed by atoms with van der Waals surface area (Å²) in [4.78, 5) is 13.6. The highest BCUT2D eigenvalue weighted by Gasteiger charge is 2.22. The predicted octanol–water partition coefficient (Wildman–Crippen LogP) is 1.23. The molecule has 2 heterocycles. The molecular weight excluding hydrogens is 242 g/mol. The molecule has 1 aromatic carbocycles. The number of hydrogen-bond acceptors (Lipinski definition) is 3. The van der Waals surface area contributed by atoms with Gasteiger partial charge in [0.15, 0.2) is 0 Å². The number of fused-ring (bicyclic) bond motifs is 1. The minimum absolute atomic E-state index is 0.0340. The molecule has 2 aliphatic heterocycles. The van der Waals surface area contributed by atoms with Crippen molar-refractivity contribution in [3.05, 3.63) is 35.4 Å². The number of carbonyl (C=O) groups is 1. The fourth-order valence-corrected chi connectivity index (χ4v) is 2.53. The Morgan fingerprint density at radius 1 is 1.47 bits per heavy atom. The van der Waals surface area contributed by atoms with Gasteiger partial charge in [0.2, 0.25) is 5.91 Å². The standard InChI is InChI=1S/C15H17NO3/c17-13-5-7-16(10-13)15(18)4-2-11-1-3-14-12(9-11)6-8-19-14/h1-4,9,13,17H,5-8,10H2/t13-/m1/s1. The fourth-order valence-electron chi connectivity index (χ4n) is 2.53. The number of ether oxygens (including phenoxy) is 1. The Kier molecular flexibility index (Phi) is 3.25. The van der Waals surface area contributed by atoms with Crippen molar-refractivity contribution in [3.63, 3.8) is 0 Å². The fraction of sp³-hybridized carbons (Fsp3) is 0.400. The summed E-state index contributed by atoms with van der Waals surface area (Å²) in [5.74, 6) is 0.916. The zero-order chi connectivity index (χ0) is 13.2. The number of nitrogens with zero attached hydrogens (tertiary/aromatic N) is 1. The van der Waals surface area contributed by atoms with Crippen molar-refractivity contribution in [3.8, 4) is 5.75 Å². The molecule has 4 nitrogen and oxygen atoms in total. The van der Waals surface area contributed by atoms with Crippen molar-refractivity contribution in [2.24, 2.45) is 0 Å². The van der Waals surface area contributed by atoms with Gasteiger partial charge in [0, 0.05) is 25.6 Å². The van der Waals surface area contributed by atoms with E-state index < -0.39 is 0 Å². The first-order chi connectivity index (χ1) is 9.22. The number of hydrogen-bond donors (Lipinski definition) is 1. The van der Waals surface area contributed by atoms with Crippen LogP contribution in [0.1, 0.15) is 17.5 Å². The van der Waals surface area contributed by atoms with Crippen LogP contribution in [0.5, 0.6) is 5.75 Å². The van der Waals surface area contributed by atoms with Crippen LogP contribution in [0.2, 0.25) is 0 Å².